The minimum atomic E-state index is -3.69. The molecule has 0 atom stereocenters. The molecule has 0 saturated heterocycles. The van der Waals surface area contributed by atoms with E-state index in [0.29, 0.717) is 4.88 Å². The fraction of sp³-hybridized carbons (Fsp3) is 0.167. The van der Waals surface area contributed by atoms with Gasteiger partial charge in [-0.05, 0) is 19.1 Å². The number of hydrogen-bond donors (Lipinski definition) is 1. The standard InChI is InChI=1S/C12H12N4O2S2/c1-7-12(20(13,17)18)4-11(19-7)8-3-10-9(14-5-8)6-15-16(10)2/h3-6H,1-2H3,(H2,13,17,18). The lowest BCUT2D eigenvalue weighted by Crippen LogP contribution is -2.11. The lowest BCUT2D eigenvalue weighted by Gasteiger charge is -1.98. The van der Waals surface area contributed by atoms with Crippen LogP contribution >= 0.6 is 11.3 Å². The van der Waals surface area contributed by atoms with Gasteiger partial charge in [-0.1, -0.05) is 0 Å². The van der Waals surface area contributed by atoms with Crippen LogP contribution in [0.15, 0.2) is 29.4 Å². The lowest BCUT2D eigenvalue weighted by molar-refractivity contribution is 0.597. The van der Waals surface area contributed by atoms with E-state index < -0.39 is 10.0 Å². The summed E-state index contributed by atoms with van der Waals surface area (Å²) >= 11 is 1.38. The molecule has 0 aliphatic carbocycles. The number of fused-ring (bicyclic) bond motifs is 1. The Morgan fingerprint density at radius 1 is 1.30 bits per heavy atom. The molecule has 0 fully saturated rings. The summed E-state index contributed by atoms with van der Waals surface area (Å²) < 4.78 is 24.7. The van der Waals surface area contributed by atoms with Gasteiger partial charge < -0.3 is 0 Å². The molecule has 3 heterocycles. The molecule has 20 heavy (non-hydrogen) atoms. The van der Waals surface area contributed by atoms with Crippen molar-refractivity contribution in [1.82, 2.24) is 14.8 Å². The van der Waals surface area contributed by atoms with E-state index >= 15 is 0 Å². The van der Waals surface area contributed by atoms with Crippen molar-refractivity contribution >= 4 is 32.4 Å². The number of primary sulfonamides is 1. The molecule has 0 unspecified atom stereocenters. The van der Waals surface area contributed by atoms with Crippen LogP contribution in [0.4, 0.5) is 0 Å². The molecule has 3 aromatic rings. The molecular formula is C12H12N4O2S2. The van der Waals surface area contributed by atoms with Crippen LogP contribution in [0.25, 0.3) is 21.5 Å². The molecule has 0 saturated carbocycles. The SMILES string of the molecule is Cc1sc(-c2cnc3cnn(C)c3c2)cc1S(N)(=O)=O. The minimum absolute atomic E-state index is 0.169. The molecular weight excluding hydrogens is 296 g/mol. The molecule has 0 aliphatic heterocycles. The van der Waals surface area contributed by atoms with Crippen molar-refractivity contribution in [2.75, 3.05) is 0 Å². The zero-order valence-corrected chi connectivity index (χ0v) is 12.5. The number of rotatable bonds is 2. The van der Waals surface area contributed by atoms with Crippen LogP contribution in [-0.2, 0) is 17.1 Å². The van der Waals surface area contributed by atoms with Crippen LogP contribution in [-0.4, -0.2) is 23.2 Å². The zero-order valence-electron chi connectivity index (χ0n) is 10.9. The predicted molar refractivity (Wildman–Crippen MR) is 77.9 cm³/mol. The highest BCUT2D eigenvalue weighted by Gasteiger charge is 2.17. The molecule has 0 bridgehead atoms. The Hall–Kier alpha value is -1.77. The summed E-state index contributed by atoms with van der Waals surface area (Å²) in [6, 6.07) is 3.53. The first kappa shape index (κ1) is 13.2. The van der Waals surface area contributed by atoms with Crippen LogP contribution < -0.4 is 5.14 Å². The van der Waals surface area contributed by atoms with Crippen LogP contribution in [0.5, 0.6) is 0 Å². The number of thiophene rings is 1. The Bertz CT molecular complexity index is 909. The van der Waals surface area contributed by atoms with Crippen LogP contribution in [0, 0.1) is 6.92 Å². The molecule has 8 heteroatoms. The Morgan fingerprint density at radius 2 is 2.05 bits per heavy atom. The second kappa shape index (κ2) is 4.37. The fourth-order valence-corrected chi connectivity index (χ4v) is 4.18. The molecule has 0 aromatic carbocycles. The van der Waals surface area contributed by atoms with Crippen molar-refractivity contribution in [2.45, 2.75) is 11.8 Å². The maximum absolute atomic E-state index is 11.5. The van der Waals surface area contributed by atoms with E-state index in [-0.39, 0.29) is 4.90 Å². The van der Waals surface area contributed by atoms with E-state index in [1.54, 1.807) is 30.1 Å². The van der Waals surface area contributed by atoms with Gasteiger partial charge >= 0.3 is 0 Å². The molecule has 2 N–H and O–H groups in total. The monoisotopic (exact) mass is 308 g/mol. The quantitative estimate of drug-likeness (QED) is 0.779. The van der Waals surface area contributed by atoms with Gasteiger partial charge in [-0.3, -0.25) is 9.67 Å². The van der Waals surface area contributed by atoms with Gasteiger partial charge in [0.2, 0.25) is 10.0 Å². The topological polar surface area (TPSA) is 90.9 Å². The second-order valence-corrected chi connectivity index (χ2v) is 7.26. The van der Waals surface area contributed by atoms with Crippen molar-refractivity contribution < 1.29 is 8.42 Å². The number of nitrogens with two attached hydrogens (primary N) is 1. The van der Waals surface area contributed by atoms with E-state index in [1.807, 2.05) is 13.1 Å². The number of pyridine rings is 1. The lowest BCUT2D eigenvalue weighted by atomic mass is 10.2. The van der Waals surface area contributed by atoms with Crippen molar-refractivity contribution in [3.63, 3.8) is 0 Å². The highest BCUT2D eigenvalue weighted by atomic mass is 32.2. The van der Waals surface area contributed by atoms with Gasteiger partial charge in [0.05, 0.1) is 16.6 Å². The summed E-state index contributed by atoms with van der Waals surface area (Å²) in [6.45, 7) is 1.74. The molecule has 6 nitrogen and oxygen atoms in total. The second-order valence-electron chi connectivity index (χ2n) is 4.47. The van der Waals surface area contributed by atoms with Gasteiger partial charge in [0.1, 0.15) is 5.52 Å². The maximum atomic E-state index is 11.5. The maximum Gasteiger partial charge on any atom is 0.239 e. The third-order valence-electron chi connectivity index (χ3n) is 3.06. The Kier molecular flexibility index (Phi) is 2.89. The van der Waals surface area contributed by atoms with E-state index in [1.165, 1.54) is 11.3 Å². The van der Waals surface area contributed by atoms with E-state index in [9.17, 15) is 8.42 Å². The highest BCUT2D eigenvalue weighted by Crippen LogP contribution is 2.33. The summed E-state index contributed by atoms with van der Waals surface area (Å²) in [4.78, 5) is 5.99. The van der Waals surface area contributed by atoms with Gasteiger partial charge in [-0.15, -0.1) is 11.3 Å². The molecule has 104 valence electrons. The number of sulfonamides is 1. The van der Waals surface area contributed by atoms with E-state index in [0.717, 1.165) is 21.5 Å². The molecule has 3 aromatic heterocycles. The average molecular weight is 308 g/mol. The minimum Gasteiger partial charge on any atom is -0.266 e. The van der Waals surface area contributed by atoms with Crippen molar-refractivity contribution in [3.8, 4) is 10.4 Å². The first-order chi connectivity index (χ1) is 9.36. The summed E-state index contributed by atoms with van der Waals surface area (Å²) in [7, 11) is -1.85. The first-order valence-corrected chi connectivity index (χ1v) is 8.14. The average Bonchev–Trinajstić information content (AvgIpc) is 2.93. The van der Waals surface area contributed by atoms with Crippen LogP contribution in [0.1, 0.15) is 4.88 Å². The number of aromatic nitrogens is 3. The third kappa shape index (κ3) is 2.11. The van der Waals surface area contributed by atoms with Gasteiger partial charge in [-0.2, -0.15) is 5.10 Å². The van der Waals surface area contributed by atoms with Crippen molar-refractivity contribution in [3.05, 3.63) is 29.4 Å². The van der Waals surface area contributed by atoms with Crippen molar-refractivity contribution in [1.29, 1.82) is 0 Å². The van der Waals surface area contributed by atoms with Gasteiger partial charge in [0, 0.05) is 28.6 Å². The Balaban J connectivity index is 2.18. The summed E-state index contributed by atoms with van der Waals surface area (Å²) in [6.07, 6.45) is 3.40. The first-order valence-electron chi connectivity index (χ1n) is 5.77. The normalized spacial score (nSPS) is 12.2. The van der Waals surface area contributed by atoms with Crippen LogP contribution in [0.2, 0.25) is 0 Å². The summed E-state index contributed by atoms with van der Waals surface area (Å²) in [5, 5.41) is 9.33. The molecule has 3 rings (SSSR count). The smallest absolute Gasteiger partial charge is 0.239 e. The third-order valence-corrected chi connectivity index (χ3v) is 5.33. The van der Waals surface area contributed by atoms with Gasteiger partial charge in [0.25, 0.3) is 0 Å². The number of nitrogens with zero attached hydrogens (tertiary/aromatic N) is 3. The largest absolute Gasteiger partial charge is 0.266 e. The molecule has 0 spiro atoms. The van der Waals surface area contributed by atoms with Crippen molar-refractivity contribution in [2.24, 2.45) is 12.2 Å². The summed E-state index contributed by atoms with van der Waals surface area (Å²) in [5.74, 6) is 0. The number of aryl methyl sites for hydroxylation is 2. The Morgan fingerprint density at radius 3 is 2.70 bits per heavy atom. The number of hydrogen-bond acceptors (Lipinski definition) is 5. The molecule has 0 aliphatic rings. The van der Waals surface area contributed by atoms with Crippen LogP contribution in [0.3, 0.4) is 0 Å². The van der Waals surface area contributed by atoms with Gasteiger partial charge in [0.15, 0.2) is 0 Å². The fourth-order valence-electron chi connectivity index (χ4n) is 2.05. The predicted octanol–water partition coefficient (Wildman–Crippen LogP) is 1.65. The van der Waals surface area contributed by atoms with E-state index in [2.05, 4.69) is 10.1 Å². The summed E-state index contributed by atoms with van der Waals surface area (Å²) in [5.41, 5.74) is 2.55. The Labute approximate surface area is 119 Å². The molecule has 0 amide bonds. The van der Waals surface area contributed by atoms with E-state index in [4.69, 9.17) is 5.14 Å². The molecule has 0 radical (unpaired) electrons. The highest BCUT2D eigenvalue weighted by molar-refractivity contribution is 7.89. The zero-order chi connectivity index (χ0) is 14.5. The van der Waals surface area contributed by atoms with Gasteiger partial charge in [-0.25, -0.2) is 13.6 Å².